The zero-order valence-electron chi connectivity index (χ0n) is 8.38. The SMILES string of the molecule is Cc1nn(C)cc1C=CCCN=[N+]=[N-]. The molecule has 0 aliphatic heterocycles. The summed E-state index contributed by atoms with van der Waals surface area (Å²) in [4.78, 5) is 2.68. The second-order valence-electron chi connectivity index (χ2n) is 2.99. The Morgan fingerprint density at radius 2 is 2.50 bits per heavy atom. The molecule has 1 heterocycles. The van der Waals surface area contributed by atoms with Crippen LogP contribution in [0.3, 0.4) is 0 Å². The van der Waals surface area contributed by atoms with Gasteiger partial charge in [-0.1, -0.05) is 17.3 Å². The van der Waals surface area contributed by atoms with Crippen LogP contribution in [-0.2, 0) is 7.05 Å². The lowest BCUT2D eigenvalue weighted by atomic mass is 10.2. The largest absolute Gasteiger partial charge is 0.275 e. The summed E-state index contributed by atoms with van der Waals surface area (Å²) in [6.07, 6.45) is 6.70. The molecule has 0 spiro atoms. The van der Waals surface area contributed by atoms with Gasteiger partial charge in [0.15, 0.2) is 0 Å². The summed E-state index contributed by atoms with van der Waals surface area (Å²) in [5.74, 6) is 0. The summed E-state index contributed by atoms with van der Waals surface area (Å²) >= 11 is 0. The van der Waals surface area contributed by atoms with Crippen LogP contribution in [0.25, 0.3) is 16.5 Å². The van der Waals surface area contributed by atoms with E-state index in [-0.39, 0.29) is 0 Å². The highest BCUT2D eigenvalue weighted by Crippen LogP contribution is 2.07. The minimum Gasteiger partial charge on any atom is -0.275 e. The van der Waals surface area contributed by atoms with E-state index in [4.69, 9.17) is 5.53 Å². The molecular formula is C9H13N5. The van der Waals surface area contributed by atoms with Crippen LogP contribution in [-0.4, -0.2) is 16.3 Å². The number of aromatic nitrogens is 2. The first-order valence-electron chi connectivity index (χ1n) is 4.41. The van der Waals surface area contributed by atoms with E-state index in [1.165, 1.54) is 0 Å². The van der Waals surface area contributed by atoms with Gasteiger partial charge in [0.1, 0.15) is 0 Å². The van der Waals surface area contributed by atoms with Crippen LogP contribution in [0.4, 0.5) is 0 Å². The van der Waals surface area contributed by atoms with Gasteiger partial charge in [0, 0.05) is 30.3 Å². The van der Waals surface area contributed by atoms with Crippen molar-refractivity contribution in [3.8, 4) is 0 Å². The highest BCUT2D eigenvalue weighted by atomic mass is 15.2. The molecule has 0 aliphatic rings. The summed E-state index contributed by atoms with van der Waals surface area (Å²) in [6.45, 7) is 2.47. The van der Waals surface area contributed by atoms with E-state index < -0.39 is 0 Å². The van der Waals surface area contributed by atoms with Crippen LogP contribution in [0.1, 0.15) is 17.7 Å². The summed E-state index contributed by atoms with van der Waals surface area (Å²) in [5.41, 5.74) is 10.2. The minimum atomic E-state index is 0.506. The monoisotopic (exact) mass is 191 g/mol. The lowest BCUT2D eigenvalue weighted by Crippen LogP contribution is -1.86. The molecule has 0 radical (unpaired) electrons. The summed E-state index contributed by atoms with van der Waals surface area (Å²) in [7, 11) is 1.89. The number of hydrogen-bond donors (Lipinski definition) is 0. The molecule has 1 aromatic rings. The maximum atomic E-state index is 8.05. The third-order valence-corrected chi connectivity index (χ3v) is 1.81. The van der Waals surface area contributed by atoms with Crippen LogP contribution >= 0.6 is 0 Å². The van der Waals surface area contributed by atoms with E-state index in [0.29, 0.717) is 6.54 Å². The fraction of sp³-hybridized carbons (Fsp3) is 0.444. The molecule has 0 N–H and O–H groups in total. The van der Waals surface area contributed by atoms with Crippen LogP contribution in [0.15, 0.2) is 17.4 Å². The van der Waals surface area contributed by atoms with Gasteiger partial charge in [0.25, 0.3) is 0 Å². The number of rotatable bonds is 4. The van der Waals surface area contributed by atoms with Crippen molar-refractivity contribution in [1.82, 2.24) is 9.78 Å². The molecule has 0 bridgehead atoms. The fourth-order valence-corrected chi connectivity index (χ4v) is 1.17. The van der Waals surface area contributed by atoms with Gasteiger partial charge in [-0.15, -0.1) is 0 Å². The van der Waals surface area contributed by atoms with E-state index in [1.807, 2.05) is 32.3 Å². The third-order valence-electron chi connectivity index (χ3n) is 1.81. The second kappa shape index (κ2) is 5.09. The lowest BCUT2D eigenvalue weighted by molar-refractivity contribution is 0.756. The number of nitrogens with zero attached hydrogens (tertiary/aromatic N) is 5. The van der Waals surface area contributed by atoms with Gasteiger partial charge >= 0.3 is 0 Å². The highest BCUT2D eigenvalue weighted by molar-refractivity contribution is 5.50. The van der Waals surface area contributed by atoms with E-state index in [1.54, 1.807) is 4.68 Å². The Hall–Kier alpha value is -1.74. The Balaban J connectivity index is 2.51. The van der Waals surface area contributed by atoms with Crippen LogP contribution in [0, 0.1) is 6.92 Å². The predicted molar refractivity (Wildman–Crippen MR) is 55.6 cm³/mol. The average Bonchev–Trinajstić information content (AvgIpc) is 2.45. The van der Waals surface area contributed by atoms with E-state index in [2.05, 4.69) is 15.1 Å². The Morgan fingerprint density at radius 1 is 1.71 bits per heavy atom. The molecule has 1 rings (SSSR count). The van der Waals surface area contributed by atoms with Crippen molar-refractivity contribution in [2.45, 2.75) is 13.3 Å². The third kappa shape index (κ3) is 2.95. The van der Waals surface area contributed by atoms with Crippen molar-refractivity contribution in [2.24, 2.45) is 12.2 Å². The van der Waals surface area contributed by atoms with Crippen molar-refractivity contribution in [2.75, 3.05) is 6.54 Å². The van der Waals surface area contributed by atoms with Gasteiger partial charge in [0.2, 0.25) is 0 Å². The van der Waals surface area contributed by atoms with Gasteiger partial charge in [-0.05, 0) is 18.9 Å². The number of aryl methyl sites for hydroxylation is 2. The average molecular weight is 191 g/mol. The molecule has 74 valence electrons. The van der Waals surface area contributed by atoms with E-state index in [0.717, 1.165) is 17.7 Å². The maximum Gasteiger partial charge on any atom is 0.0665 e. The molecular weight excluding hydrogens is 178 g/mol. The highest BCUT2D eigenvalue weighted by Gasteiger charge is 1.96. The first-order valence-corrected chi connectivity index (χ1v) is 4.41. The smallest absolute Gasteiger partial charge is 0.0665 e. The first kappa shape index (κ1) is 10.3. The molecule has 0 aliphatic carbocycles. The number of azide groups is 1. The molecule has 0 unspecified atom stereocenters. The maximum absolute atomic E-state index is 8.05. The van der Waals surface area contributed by atoms with Gasteiger partial charge in [-0.25, -0.2) is 0 Å². The lowest BCUT2D eigenvalue weighted by Gasteiger charge is -1.86. The van der Waals surface area contributed by atoms with Gasteiger partial charge < -0.3 is 0 Å². The van der Waals surface area contributed by atoms with Crippen molar-refractivity contribution >= 4 is 6.08 Å². The van der Waals surface area contributed by atoms with E-state index >= 15 is 0 Å². The predicted octanol–water partition coefficient (Wildman–Crippen LogP) is 2.44. The molecule has 0 saturated heterocycles. The summed E-state index contributed by atoms with van der Waals surface area (Å²) in [6, 6.07) is 0. The second-order valence-corrected chi connectivity index (χ2v) is 2.99. The zero-order valence-corrected chi connectivity index (χ0v) is 8.38. The molecule has 14 heavy (non-hydrogen) atoms. The number of hydrogen-bond acceptors (Lipinski definition) is 2. The Bertz CT molecular complexity index is 371. The molecule has 0 fully saturated rings. The van der Waals surface area contributed by atoms with Gasteiger partial charge in [-0.2, -0.15) is 5.10 Å². The molecule has 1 aromatic heterocycles. The van der Waals surface area contributed by atoms with Gasteiger partial charge in [-0.3, -0.25) is 4.68 Å². The van der Waals surface area contributed by atoms with E-state index in [9.17, 15) is 0 Å². The molecule has 0 atom stereocenters. The van der Waals surface area contributed by atoms with Crippen molar-refractivity contribution in [1.29, 1.82) is 0 Å². The summed E-state index contributed by atoms with van der Waals surface area (Å²) < 4.78 is 1.78. The van der Waals surface area contributed by atoms with Crippen LogP contribution < -0.4 is 0 Å². The van der Waals surface area contributed by atoms with Crippen LogP contribution in [0.5, 0.6) is 0 Å². The zero-order chi connectivity index (χ0) is 10.4. The first-order chi connectivity index (χ1) is 6.74. The summed E-state index contributed by atoms with van der Waals surface area (Å²) in [5, 5.41) is 7.65. The Kier molecular flexibility index (Phi) is 3.76. The quantitative estimate of drug-likeness (QED) is 0.312. The Morgan fingerprint density at radius 3 is 3.07 bits per heavy atom. The van der Waals surface area contributed by atoms with Crippen molar-refractivity contribution < 1.29 is 0 Å². The molecule has 5 nitrogen and oxygen atoms in total. The van der Waals surface area contributed by atoms with Crippen LogP contribution in [0.2, 0.25) is 0 Å². The van der Waals surface area contributed by atoms with Crippen molar-refractivity contribution in [3.63, 3.8) is 0 Å². The molecule has 5 heteroatoms. The molecule has 0 aromatic carbocycles. The topological polar surface area (TPSA) is 66.6 Å². The normalized spacial score (nSPS) is 10.4. The molecule has 0 amide bonds. The fourth-order valence-electron chi connectivity index (χ4n) is 1.17. The van der Waals surface area contributed by atoms with Gasteiger partial charge in [0.05, 0.1) is 5.69 Å². The Labute approximate surface area is 82.7 Å². The standard InChI is InChI=1S/C9H13N5/c1-8-9(7-14(2)12-8)5-3-4-6-11-13-10/h3,5,7H,4,6H2,1-2H3. The minimum absolute atomic E-state index is 0.506. The molecule has 0 saturated carbocycles. The van der Waals surface area contributed by atoms with Crippen molar-refractivity contribution in [3.05, 3.63) is 34.0 Å².